The van der Waals surface area contributed by atoms with Gasteiger partial charge in [0, 0.05) is 11.1 Å². The van der Waals surface area contributed by atoms with Crippen LogP contribution in [0, 0.1) is 0 Å². The first kappa shape index (κ1) is 58.8. The molecule has 10 nitrogen and oxygen atoms in total. The number of ketones is 2. The molecule has 10 heteroatoms. The molecule has 0 heterocycles. The molecule has 3 rings (SSSR count). The molecule has 68 heavy (non-hydrogen) atoms. The maximum Gasteiger partial charge on any atom is 0.204 e. The van der Waals surface area contributed by atoms with E-state index in [-0.39, 0.29) is 71.7 Å². The molecule has 388 valence electrons. The van der Waals surface area contributed by atoms with E-state index in [1.54, 1.807) is 12.1 Å². The molecular formula is C58H96O10. The Bertz CT molecular complexity index is 1520. The Morgan fingerprint density at radius 1 is 0.309 bits per heavy atom. The fourth-order valence-electron chi connectivity index (χ4n) is 9.03. The molecule has 0 atom stereocenters. The van der Waals surface area contributed by atoms with E-state index < -0.39 is 11.6 Å². The van der Waals surface area contributed by atoms with Crippen LogP contribution in [0.3, 0.4) is 0 Å². The van der Waals surface area contributed by atoms with Gasteiger partial charge in [0.05, 0.1) is 50.8 Å². The second-order valence-electron chi connectivity index (χ2n) is 19.0. The van der Waals surface area contributed by atoms with E-state index in [0.29, 0.717) is 37.9 Å². The number of rotatable bonds is 46. The lowest BCUT2D eigenvalue weighted by Gasteiger charge is -2.27. The van der Waals surface area contributed by atoms with Crippen molar-refractivity contribution in [3.63, 3.8) is 0 Å². The Morgan fingerprint density at radius 2 is 0.544 bits per heavy atom. The van der Waals surface area contributed by atoms with Crippen LogP contribution in [-0.4, -0.2) is 74.6 Å². The molecule has 0 aliphatic heterocycles. The van der Waals surface area contributed by atoms with Gasteiger partial charge < -0.3 is 38.6 Å². The van der Waals surface area contributed by atoms with Crippen molar-refractivity contribution in [1.29, 1.82) is 0 Å². The molecule has 0 bridgehead atoms. The van der Waals surface area contributed by atoms with E-state index in [1.807, 2.05) is 0 Å². The summed E-state index contributed by atoms with van der Waals surface area (Å²) in [7, 11) is 0. The summed E-state index contributed by atoms with van der Waals surface area (Å²) in [6, 6.07) is 3.25. The fraction of sp³-hybridized carbons (Fsp3) is 0.759. The van der Waals surface area contributed by atoms with Gasteiger partial charge in [0.25, 0.3) is 0 Å². The first-order chi connectivity index (χ1) is 33.5. The maximum atomic E-state index is 15.1. The quantitative estimate of drug-likeness (QED) is 0.0528. The number of carbonyl (C=O) groups excluding carboxylic acids is 2. The maximum absolute atomic E-state index is 15.1. The van der Waals surface area contributed by atoms with Gasteiger partial charge in [-0.1, -0.05) is 207 Å². The highest BCUT2D eigenvalue weighted by atomic mass is 16.6. The molecule has 2 aromatic rings. The van der Waals surface area contributed by atoms with Crippen molar-refractivity contribution in [2.24, 2.45) is 0 Å². The number of hydrogen-bond donors (Lipinski definition) is 2. The first-order valence-electron chi connectivity index (χ1n) is 28.0. The highest BCUT2D eigenvalue weighted by Crippen LogP contribution is 2.51. The van der Waals surface area contributed by atoms with Crippen molar-refractivity contribution in [3.05, 3.63) is 34.4 Å². The molecule has 1 aliphatic carbocycles. The van der Waals surface area contributed by atoms with Crippen molar-refractivity contribution < 1.29 is 48.2 Å². The van der Waals surface area contributed by atoms with Gasteiger partial charge in [-0.15, -0.1) is 0 Å². The standard InChI is InChI=1S/C58H96O10/c1-5-9-13-17-21-25-29-33-39-63-49-45-47-51(57(67-43-37-59)55(49)65-41-35-31-27-23-19-15-11-7-3)54(62)48-46-50(64-40-34-30-26-22-18-14-10-6-2)56(58(68-44-38-60)52(48)53(47)61)66-42-36-32-28-24-20-16-12-8-4/h45-46,59-60H,5-44H2,1-4H3. The van der Waals surface area contributed by atoms with Crippen molar-refractivity contribution in [1.82, 2.24) is 0 Å². The Morgan fingerprint density at radius 3 is 0.809 bits per heavy atom. The Balaban J connectivity index is 2.02. The van der Waals surface area contributed by atoms with Crippen LogP contribution in [0.1, 0.15) is 265 Å². The molecule has 0 spiro atoms. The molecule has 0 radical (unpaired) electrons. The van der Waals surface area contributed by atoms with Gasteiger partial charge in [0.2, 0.25) is 11.5 Å². The van der Waals surface area contributed by atoms with E-state index in [1.165, 1.54) is 128 Å². The zero-order valence-electron chi connectivity index (χ0n) is 43.6. The number of benzene rings is 2. The predicted molar refractivity (Wildman–Crippen MR) is 277 cm³/mol. The Hall–Kier alpha value is -3.50. The van der Waals surface area contributed by atoms with E-state index in [0.717, 1.165) is 77.0 Å². The lowest BCUT2D eigenvalue weighted by molar-refractivity contribution is 0.0965. The van der Waals surface area contributed by atoms with Gasteiger partial charge in [0.1, 0.15) is 13.2 Å². The fourth-order valence-corrected chi connectivity index (χ4v) is 9.03. The molecule has 1 aliphatic rings. The molecule has 0 saturated heterocycles. The smallest absolute Gasteiger partial charge is 0.204 e. The normalized spacial score (nSPS) is 12.0. The summed E-state index contributed by atoms with van der Waals surface area (Å²) in [6.07, 6.45) is 36.5. The number of unbranched alkanes of at least 4 members (excludes halogenated alkanes) is 28. The second kappa shape index (κ2) is 38.3. The van der Waals surface area contributed by atoms with E-state index in [2.05, 4.69) is 27.7 Å². The molecule has 0 unspecified atom stereocenters. The summed E-state index contributed by atoms with van der Waals surface area (Å²) in [5.74, 6) is 0.510. The molecule has 0 fully saturated rings. The van der Waals surface area contributed by atoms with Crippen LogP contribution >= 0.6 is 0 Å². The Labute approximate surface area is 413 Å². The molecule has 0 amide bonds. The highest BCUT2D eigenvalue weighted by Gasteiger charge is 2.40. The SMILES string of the molecule is CCCCCCCCCCOc1cc2c(c(OCCO)c1OCCCCCCCCCC)C(=O)c1cc(OCCCCCCCCCC)c(OCCCCCCCCCC)c(OCCO)c1C2=O. The summed E-state index contributed by atoms with van der Waals surface area (Å²) in [5, 5.41) is 20.1. The van der Waals surface area contributed by atoms with Crippen LogP contribution in [-0.2, 0) is 0 Å². The average molecular weight is 953 g/mol. The lowest BCUT2D eigenvalue weighted by Crippen LogP contribution is -2.25. The third-order valence-corrected chi connectivity index (χ3v) is 13.0. The number of aliphatic hydroxyl groups is 2. The minimum atomic E-state index is -0.450. The van der Waals surface area contributed by atoms with Crippen LogP contribution < -0.4 is 28.4 Å². The Kier molecular flexibility index (Phi) is 33.1. The largest absolute Gasteiger partial charge is 0.490 e. The number of fused-ring (bicyclic) bond motifs is 2. The van der Waals surface area contributed by atoms with Gasteiger partial charge in [-0.3, -0.25) is 9.59 Å². The molecule has 2 N–H and O–H groups in total. The monoisotopic (exact) mass is 953 g/mol. The first-order valence-corrected chi connectivity index (χ1v) is 28.0. The second-order valence-corrected chi connectivity index (χ2v) is 19.0. The van der Waals surface area contributed by atoms with Gasteiger partial charge in [-0.2, -0.15) is 0 Å². The van der Waals surface area contributed by atoms with Crippen molar-refractivity contribution in [2.45, 2.75) is 233 Å². The predicted octanol–water partition coefficient (Wildman–Crippen LogP) is 15.3. The number of aliphatic hydroxyl groups excluding tert-OH is 2. The van der Waals surface area contributed by atoms with E-state index >= 15 is 9.59 Å². The number of carbonyl (C=O) groups is 2. The van der Waals surface area contributed by atoms with Crippen molar-refractivity contribution in [2.75, 3.05) is 52.9 Å². The van der Waals surface area contributed by atoms with E-state index in [9.17, 15) is 10.2 Å². The van der Waals surface area contributed by atoms with Crippen LogP contribution in [0.4, 0.5) is 0 Å². The summed E-state index contributed by atoms with van der Waals surface area (Å²) in [4.78, 5) is 30.2. The van der Waals surface area contributed by atoms with Crippen LogP contribution in [0.5, 0.6) is 34.5 Å². The van der Waals surface area contributed by atoms with E-state index in [4.69, 9.17) is 28.4 Å². The summed E-state index contributed by atoms with van der Waals surface area (Å²) < 4.78 is 38.5. The molecule has 0 saturated carbocycles. The molecular weight excluding hydrogens is 857 g/mol. The van der Waals surface area contributed by atoms with Crippen LogP contribution in [0.25, 0.3) is 0 Å². The average Bonchev–Trinajstić information content (AvgIpc) is 3.34. The van der Waals surface area contributed by atoms with Gasteiger partial charge in [0.15, 0.2) is 34.6 Å². The minimum Gasteiger partial charge on any atom is -0.490 e. The highest BCUT2D eigenvalue weighted by molar-refractivity contribution is 6.31. The summed E-state index contributed by atoms with van der Waals surface area (Å²) in [5.41, 5.74) is 0.347. The summed E-state index contributed by atoms with van der Waals surface area (Å²) >= 11 is 0. The number of ether oxygens (including phenoxy) is 6. The van der Waals surface area contributed by atoms with Gasteiger partial charge >= 0.3 is 0 Å². The minimum absolute atomic E-state index is 0.0658. The zero-order chi connectivity index (χ0) is 48.9. The van der Waals surface area contributed by atoms with Crippen molar-refractivity contribution in [3.8, 4) is 34.5 Å². The molecule has 0 aromatic heterocycles. The summed E-state index contributed by atoms with van der Waals surface area (Å²) in [6.45, 7) is 9.66. The number of hydrogen-bond acceptors (Lipinski definition) is 10. The zero-order valence-corrected chi connectivity index (χ0v) is 43.6. The van der Waals surface area contributed by atoms with Crippen molar-refractivity contribution >= 4 is 11.6 Å². The van der Waals surface area contributed by atoms with Gasteiger partial charge in [-0.25, -0.2) is 0 Å². The van der Waals surface area contributed by atoms with Gasteiger partial charge in [-0.05, 0) is 37.8 Å². The van der Waals surface area contributed by atoms with Crippen LogP contribution in [0.15, 0.2) is 12.1 Å². The third-order valence-electron chi connectivity index (χ3n) is 13.0. The topological polar surface area (TPSA) is 130 Å². The lowest BCUT2D eigenvalue weighted by atomic mass is 9.82. The van der Waals surface area contributed by atoms with Crippen LogP contribution in [0.2, 0.25) is 0 Å². The molecule has 2 aromatic carbocycles. The third kappa shape index (κ3) is 21.6.